The molecular weight excluding hydrogens is 148 g/mol. The van der Waals surface area contributed by atoms with Gasteiger partial charge in [0.2, 0.25) is 0 Å². The zero-order chi connectivity index (χ0) is 8.97. The Morgan fingerprint density at radius 1 is 1.33 bits per heavy atom. The minimum Gasteiger partial charge on any atom is -0.328 e. The van der Waals surface area contributed by atoms with E-state index >= 15 is 0 Å². The summed E-state index contributed by atoms with van der Waals surface area (Å²) in [6, 6.07) is 1.26. The molecule has 1 rings (SSSR count). The Hall–Kier alpha value is -0.0800. The van der Waals surface area contributed by atoms with Crippen LogP contribution in [0.25, 0.3) is 0 Å². The molecule has 0 aliphatic heterocycles. The molecule has 2 nitrogen and oxygen atoms in total. The maximum atomic E-state index is 5.89. The van der Waals surface area contributed by atoms with Crippen molar-refractivity contribution in [2.45, 2.75) is 51.6 Å². The molecule has 0 radical (unpaired) electrons. The van der Waals surface area contributed by atoms with Crippen molar-refractivity contribution in [3.8, 4) is 0 Å². The Labute approximate surface area is 76.1 Å². The average Bonchev–Trinajstić information content (AvgIpc) is 2.47. The molecule has 0 spiro atoms. The molecule has 2 atom stereocenters. The minimum atomic E-state index is 0.473. The van der Waals surface area contributed by atoms with Gasteiger partial charge in [-0.2, -0.15) is 0 Å². The Morgan fingerprint density at radius 2 is 2.08 bits per heavy atom. The summed E-state index contributed by atoms with van der Waals surface area (Å²) >= 11 is 0. The Bertz CT molecular complexity index is 123. The molecule has 1 saturated carbocycles. The van der Waals surface area contributed by atoms with Gasteiger partial charge in [0.25, 0.3) is 0 Å². The number of hydrogen-bond donors (Lipinski definition) is 1. The van der Waals surface area contributed by atoms with E-state index in [1.807, 2.05) is 0 Å². The molecule has 1 fully saturated rings. The van der Waals surface area contributed by atoms with Crippen LogP contribution in [0.1, 0.15) is 39.5 Å². The van der Waals surface area contributed by atoms with Crippen molar-refractivity contribution in [2.24, 2.45) is 5.73 Å². The van der Waals surface area contributed by atoms with Crippen molar-refractivity contribution in [1.29, 1.82) is 0 Å². The van der Waals surface area contributed by atoms with Gasteiger partial charge in [-0.3, -0.25) is 0 Å². The molecule has 2 N–H and O–H groups in total. The molecule has 2 unspecified atom stereocenters. The molecule has 0 saturated heterocycles. The van der Waals surface area contributed by atoms with E-state index in [0.29, 0.717) is 6.04 Å². The van der Waals surface area contributed by atoms with Crippen LogP contribution in [0.15, 0.2) is 0 Å². The van der Waals surface area contributed by atoms with E-state index in [9.17, 15) is 0 Å². The molecule has 2 heteroatoms. The second-order valence-electron chi connectivity index (χ2n) is 3.86. The van der Waals surface area contributed by atoms with Crippen molar-refractivity contribution in [2.75, 3.05) is 13.1 Å². The quantitative estimate of drug-likeness (QED) is 0.694. The second kappa shape index (κ2) is 4.83. The van der Waals surface area contributed by atoms with Crippen molar-refractivity contribution >= 4 is 0 Å². The Morgan fingerprint density at radius 3 is 2.50 bits per heavy atom. The summed E-state index contributed by atoms with van der Waals surface area (Å²) in [4.78, 5) is 2.58. The summed E-state index contributed by atoms with van der Waals surface area (Å²) in [5, 5.41) is 0. The monoisotopic (exact) mass is 170 g/mol. The first-order valence-electron chi connectivity index (χ1n) is 5.27. The van der Waals surface area contributed by atoms with Crippen LogP contribution in [0, 0.1) is 0 Å². The molecule has 1 aliphatic carbocycles. The van der Waals surface area contributed by atoms with Crippen molar-refractivity contribution < 1.29 is 0 Å². The van der Waals surface area contributed by atoms with Crippen LogP contribution >= 0.6 is 0 Å². The van der Waals surface area contributed by atoms with Gasteiger partial charge in [-0.05, 0) is 38.8 Å². The van der Waals surface area contributed by atoms with Gasteiger partial charge in [0.1, 0.15) is 0 Å². The lowest BCUT2D eigenvalue weighted by Crippen LogP contribution is -2.34. The van der Waals surface area contributed by atoms with Gasteiger partial charge in [-0.1, -0.05) is 13.8 Å². The number of hydrogen-bond acceptors (Lipinski definition) is 2. The van der Waals surface area contributed by atoms with Crippen LogP contribution in [-0.2, 0) is 0 Å². The highest BCUT2D eigenvalue weighted by molar-refractivity contribution is 4.84. The summed E-state index contributed by atoms with van der Waals surface area (Å²) in [6.07, 6.45) is 5.02. The topological polar surface area (TPSA) is 29.3 Å². The number of nitrogens with two attached hydrogens (primary N) is 1. The summed E-state index contributed by atoms with van der Waals surface area (Å²) in [5.74, 6) is 0. The van der Waals surface area contributed by atoms with E-state index in [1.165, 1.54) is 38.8 Å². The maximum Gasteiger partial charge on any atom is 0.0110 e. The lowest BCUT2D eigenvalue weighted by molar-refractivity contribution is 0.208. The highest BCUT2D eigenvalue weighted by atomic mass is 15.2. The summed E-state index contributed by atoms with van der Waals surface area (Å²) in [5.41, 5.74) is 5.89. The first-order valence-corrected chi connectivity index (χ1v) is 5.27. The van der Waals surface area contributed by atoms with Crippen molar-refractivity contribution in [1.82, 2.24) is 4.90 Å². The predicted octanol–water partition coefficient (Wildman–Crippen LogP) is 1.60. The fraction of sp³-hybridized carbons (Fsp3) is 1.00. The van der Waals surface area contributed by atoms with Gasteiger partial charge < -0.3 is 10.6 Å². The fourth-order valence-corrected chi connectivity index (χ4v) is 2.21. The van der Waals surface area contributed by atoms with Crippen molar-refractivity contribution in [3.05, 3.63) is 0 Å². The van der Waals surface area contributed by atoms with Crippen LogP contribution in [0.5, 0.6) is 0 Å². The van der Waals surface area contributed by atoms with Gasteiger partial charge in [0.05, 0.1) is 0 Å². The standard InChI is InChI=1S/C10H22N2/c1-3-7-12(4-2)10-6-5-9(11)8-10/h9-10H,3-8,11H2,1-2H3. The summed E-state index contributed by atoms with van der Waals surface area (Å²) < 4.78 is 0. The third-order valence-electron chi connectivity index (χ3n) is 2.88. The van der Waals surface area contributed by atoms with Crippen LogP contribution in [0.4, 0.5) is 0 Å². The normalized spacial score (nSPS) is 30.0. The van der Waals surface area contributed by atoms with Gasteiger partial charge >= 0.3 is 0 Å². The minimum absolute atomic E-state index is 0.473. The van der Waals surface area contributed by atoms with Crippen LogP contribution in [0.2, 0.25) is 0 Å². The highest BCUT2D eigenvalue weighted by Crippen LogP contribution is 2.22. The van der Waals surface area contributed by atoms with Gasteiger partial charge in [0, 0.05) is 12.1 Å². The molecule has 0 bridgehead atoms. The number of rotatable bonds is 4. The maximum absolute atomic E-state index is 5.89. The first kappa shape index (κ1) is 10.0. The first-order chi connectivity index (χ1) is 5.77. The van der Waals surface area contributed by atoms with Crippen LogP contribution in [-0.4, -0.2) is 30.1 Å². The van der Waals surface area contributed by atoms with Gasteiger partial charge in [0.15, 0.2) is 0 Å². The van der Waals surface area contributed by atoms with E-state index in [2.05, 4.69) is 18.7 Å². The third-order valence-corrected chi connectivity index (χ3v) is 2.88. The fourth-order valence-electron chi connectivity index (χ4n) is 2.21. The van der Waals surface area contributed by atoms with Crippen molar-refractivity contribution in [3.63, 3.8) is 0 Å². The lowest BCUT2D eigenvalue weighted by atomic mass is 10.2. The third kappa shape index (κ3) is 2.46. The average molecular weight is 170 g/mol. The Kier molecular flexibility index (Phi) is 4.02. The van der Waals surface area contributed by atoms with Crippen LogP contribution in [0.3, 0.4) is 0 Å². The van der Waals surface area contributed by atoms with E-state index in [4.69, 9.17) is 5.73 Å². The molecule has 0 heterocycles. The molecule has 0 aromatic heterocycles. The summed E-state index contributed by atoms with van der Waals surface area (Å²) in [6.45, 7) is 6.93. The molecule has 0 aromatic rings. The van der Waals surface area contributed by atoms with Gasteiger partial charge in [-0.15, -0.1) is 0 Å². The zero-order valence-corrected chi connectivity index (χ0v) is 8.42. The molecule has 0 amide bonds. The lowest BCUT2D eigenvalue weighted by Gasteiger charge is -2.26. The van der Waals surface area contributed by atoms with Gasteiger partial charge in [-0.25, -0.2) is 0 Å². The van der Waals surface area contributed by atoms with E-state index < -0.39 is 0 Å². The SMILES string of the molecule is CCCN(CC)C1CCC(N)C1. The largest absolute Gasteiger partial charge is 0.328 e. The zero-order valence-electron chi connectivity index (χ0n) is 8.42. The second-order valence-corrected chi connectivity index (χ2v) is 3.86. The smallest absolute Gasteiger partial charge is 0.0110 e. The van der Waals surface area contributed by atoms with E-state index in [-0.39, 0.29) is 0 Å². The highest BCUT2D eigenvalue weighted by Gasteiger charge is 2.25. The molecule has 72 valence electrons. The molecule has 0 aromatic carbocycles. The van der Waals surface area contributed by atoms with E-state index in [0.717, 1.165) is 6.04 Å². The van der Waals surface area contributed by atoms with Crippen LogP contribution < -0.4 is 5.73 Å². The summed E-state index contributed by atoms with van der Waals surface area (Å²) in [7, 11) is 0. The number of nitrogens with zero attached hydrogens (tertiary/aromatic N) is 1. The predicted molar refractivity (Wildman–Crippen MR) is 53.2 cm³/mol. The Balaban J connectivity index is 2.33. The molecule has 1 aliphatic rings. The van der Waals surface area contributed by atoms with E-state index in [1.54, 1.807) is 0 Å². The molecule has 12 heavy (non-hydrogen) atoms. The molecular formula is C10H22N2.